The second-order valence-corrected chi connectivity index (χ2v) is 4.00. The van der Waals surface area contributed by atoms with E-state index in [1.54, 1.807) is 0 Å². The summed E-state index contributed by atoms with van der Waals surface area (Å²) in [7, 11) is 0. The summed E-state index contributed by atoms with van der Waals surface area (Å²) in [4.78, 5) is 4.25. The van der Waals surface area contributed by atoms with Crippen LogP contribution in [-0.2, 0) is 6.42 Å². The van der Waals surface area contributed by atoms with Crippen LogP contribution < -0.4 is 5.73 Å². The molecule has 0 fully saturated rings. The molecule has 2 N–H and O–H groups in total. The van der Waals surface area contributed by atoms with Crippen LogP contribution in [0.5, 0.6) is 0 Å². The van der Waals surface area contributed by atoms with Crippen LogP contribution in [-0.4, -0.2) is 4.98 Å². The van der Waals surface area contributed by atoms with Crippen molar-refractivity contribution in [3.05, 3.63) is 35.1 Å². The average molecular weight is 216 g/mol. The Bertz CT molecular complexity index is 515. The molecule has 0 saturated heterocycles. The van der Waals surface area contributed by atoms with E-state index in [-0.39, 0.29) is 6.01 Å². The summed E-state index contributed by atoms with van der Waals surface area (Å²) in [5, 5.41) is 0. The zero-order valence-corrected chi connectivity index (χ0v) is 9.87. The molecule has 84 valence electrons. The molecule has 2 rings (SSSR count). The van der Waals surface area contributed by atoms with Crippen molar-refractivity contribution >= 4 is 6.01 Å². The summed E-state index contributed by atoms with van der Waals surface area (Å²) < 4.78 is 5.37. The fourth-order valence-electron chi connectivity index (χ4n) is 1.90. The van der Waals surface area contributed by atoms with Gasteiger partial charge < -0.3 is 10.2 Å². The molecule has 0 saturated carbocycles. The number of nitrogen functional groups attached to an aromatic ring is 1. The van der Waals surface area contributed by atoms with E-state index in [4.69, 9.17) is 10.2 Å². The number of hydrogen-bond donors (Lipinski definition) is 1. The van der Waals surface area contributed by atoms with Gasteiger partial charge in [0.25, 0.3) is 6.01 Å². The summed E-state index contributed by atoms with van der Waals surface area (Å²) >= 11 is 0. The van der Waals surface area contributed by atoms with Crippen LogP contribution in [0.15, 0.2) is 22.6 Å². The summed E-state index contributed by atoms with van der Waals surface area (Å²) in [5.41, 5.74) is 10.0. The first-order valence-electron chi connectivity index (χ1n) is 5.44. The van der Waals surface area contributed by atoms with Gasteiger partial charge in [0.1, 0.15) is 11.5 Å². The molecule has 0 bridgehead atoms. The molecule has 1 aromatic heterocycles. The number of aryl methyl sites for hydroxylation is 3. The standard InChI is InChI=1S/C13H16N2O/c1-4-11-12(15-13(14)16-11)10-6-5-8(2)7-9(10)3/h5-7H,4H2,1-3H3,(H2,14,15). The third-order valence-corrected chi connectivity index (χ3v) is 2.67. The third kappa shape index (κ3) is 1.81. The first-order chi connectivity index (χ1) is 7.61. The number of nitrogens with zero attached hydrogens (tertiary/aromatic N) is 1. The molecular weight excluding hydrogens is 200 g/mol. The maximum Gasteiger partial charge on any atom is 0.292 e. The van der Waals surface area contributed by atoms with E-state index in [2.05, 4.69) is 37.0 Å². The van der Waals surface area contributed by atoms with Crippen LogP contribution >= 0.6 is 0 Å². The van der Waals surface area contributed by atoms with E-state index in [0.29, 0.717) is 0 Å². The second-order valence-electron chi connectivity index (χ2n) is 4.00. The summed E-state index contributed by atoms with van der Waals surface area (Å²) in [6.45, 7) is 6.19. The number of hydrogen-bond acceptors (Lipinski definition) is 3. The van der Waals surface area contributed by atoms with Gasteiger partial charge in [-0.05, 0) is 19.4 Å². The largest absolute Gasteiger partial charge is 0.428 e. The van der Waals surface area contributed by atoms with Crippen LogP contribution in [0.1, 0.15) is 23.8 Å². The van der Waals surface area contributed by atoms with Gasteiger partial charge in [-0.3, -0.25) is 0 Å². The van der Waals surface area contributed by atoms with Crippen molar-refractivity contribution in [1.29, 1.82) is 0 Å². The smallest absolute Gasteiger partial charge is 0.292 e. The van der Waals surface area contributed by atoms with Crippen LogP contribution in [0.25, 0.3) is 11.3 Å². The van der Waals surface area contributed by atoms with Gasteiger partial charge in [-0.25, -0.2) is 0 Å². The first-order valence-corrected chi connectivity index (χ1v) is 5.44. The zero-order chi connectivity index (χ0) is 11.7. The lowest BCUT2D eigenvalue weighted by molar-refractivity contribution is 0.530. The fourth-order valence-corrected chi connectivity index (χ4v) is 1.90. The zero-order valence-electron chi connectivity index (χ0n) is 9.87. The molecule has 0 unspecified atom stereocenters. The normalized spacial score (nSPS) is 10.7. The molecular formula is C13H16N2O. The van der Waals surface area contributed by atoms with E-state index in [9.17, 15) is 0 Å². The molecule has 0 aliphatic carbocycles. The Morgan fingerprint density at radius 2 is 2.06 bits per heavy atom. The first kappa shape index (κ1) is 10.7. The molecule has 0 amide bonds. The van der Waals surface area contributed by atoms with E-state index in [1.165, 1.54) is 11.1 Å². The van der Waals surface area contributed by atoms with Gasteiger partial charge in [0.2, 0.25) is 0 Å². The monoisotopic (exact) mass is 216 g/mol. The molecule has 0 radical (unpaired) electrons. The summed E-state index contributed by atoms with van der Waals surface area (Å²) in [5.74, 6) is 0.851. The Morgan fingerprint density at radius 3 is 2.69 bits per heavy atom. The van der Waals surface area contributed by atoms with Crippen molar-refractivity contribution in [2.24, 2.45) is 0 Å². The molecule has 3 heteroatoms. The van der Waals surface area contributed by atoms with Crippen molar-refractivity contribution < 1.29 is 4.42 Å². The number of oxazole rings is 1. The van der Waals surface area contributed by atoms with Crippen molar-refractivity contribution in [1.82, 2.24) is 4.98 Å². The molecule has 0 spiro atoms. The van der Waals surface area contributed by atoms with Crippen LogP contribution in [0, 0.1) is 13.8 Å². The molecule has 2 aromatic rings. The Hall–Kier alpha value is -1.77. The highest BCUT2D eigenvalue weighted by Gasteiger charge is 2.13. The van der Waals surface area contributed by atoms with Crippen LogP contribution in [0.2, 0.25) is 0 Å². The quantitative estimate of drug-likeness (QED) is 0.839. The number of anilines is 1. The molecule has 0 aliphatic rings. The molecule has 3 nitrogen and oxygen atoms in total. The summed E-state index contributed by atoms with van der Waals surface area (Å²) in [6.07, 6.45) is 0.798. The number of rotatable bonds is 2. The van der Waals surface area contributed by atoms with E-state index < -0.39 is 0 Å². The molecule has 0 atom stereocenters. The van der Waals surface area contributed by atoms with Crippen molar-refractivity contribution in [2.75, 3.05) is 5.73 Å². The van der Waals surface area contributed by atoms with E-state index >= 15 is 0 Å². The lowest BCUT2D eigenvalue weighted by Gasteiger charge is -2.04. The second kappa shape index (κ2) is 4.00. The number of nitrogens with two attached hydrogens (primary N) is 1. The van der Waals surface area contributed by atoms with Gasteiger partial charge in [0, 0.05) is 12.0 Å². The van der Waals surface area contributed by atoms with E-state index in [0.717, 1.165) is 23.4 Å². The highest BCUT2D eigenvalue weighted by molar-refractivity contribution is 5.66. The van der Waals surface area contributed by atoms with Gasteiger partial charge in [0.15, 0.2) is 0 Å². The highest BCUT2D eigenvalue weighted by Crippen LogP contribution is 2.28. The highest BCUT2D eigenvalue weighted by atomic mass is 16.4. The summed E-state index contributed by atoms with van der Waals surface area (Å²) in [6, 6.07) is 6.53. The predicted octanol–water partition coefficient (Wildman–Crippen LogP) is 3.10. The van der Waals surface area contributed by atoms with Crippen molar-refractivity contribution in [2.45, 2.75) is 27.2 Å². The maximum absolute atomic E-state index is 5.59. The molecule has 0 aliphatic heterocycles. The van der Waals surface area contributed by atoms with Crippen molar-refractivity contribution in [3.8, 4) is 11.3 Å². The maximum atomic E-state index is 5.59. The predicted molar refractivity (Wildman–Crippen MR) is 65.2 cm³/mol. The van der Waals surface area contributed by atoms with Crippen LogP contribution in [0.3, 0.4) is 0 Å². The number of aromatic nitrogens is 1. The fraction of sp³-hybridized carbons (Fsp3) is 0.308. The lowest BCUT2D eigenvalue weighted by atomic mass is 10.0. The minimum absolute atomic E-state index is 0.242. The average Bonchev–Trinajstić information content (AvgIpc) is 2.59. The van der Waals surface area contributed by atoms with Gasteiger partial charge in [-0.2, -0.15) is 4.98 Å². The SMILES string of the molecule is CCc1oc(N)nc1-c1ccc(C)cc1C. The molecule has 1 heterocycles. The van der Waals surface area contributed by atoms with Gasteiger partial charge in [-0.15, -0.1) is 0 Å². The topological polar surface area (TPSA) is 52.0 Å². The van der Waals surface area contributed by atoms with Gasteiger partial charge >= 0.3 is 0 Å². The Morgan fingerprint density at radius 1 is 1.31 bits per heavy atom. The Balaban J connectivity index is 2.57. The van der Waals surface area contributed by atoms with E-state index in [1.807, 2.05) is 6.92 Å². The molecule has 16 heavy (non-hydrogen) atoms. The number of benzene rings is 1. The van der Waals surface area contributed by atoms with Crippen molar-refractivity contribution in [3.63, 3.8) is 0 Å². The van der Waals surface area contributed by atoms with Crippen LogP contribution in [0.4, 0.5) is 6.01 Å². The minimum atomic E-state index is 0.242. The minimum Gasteiger partial charge on any atom is -0.428 e. The third-order valence-electron chi connectivity index (χ3n) is 2.67. The van der Waals surface area contributed by atoms with Gasteiger partial charge in [0.05, 0.1) is 0 Å². The Labute approximate surface area is 95.3 Å². The lowest BCUT2D eigenvalue weighted by Crippen LogP contribution is -1.89. The Kier molecular flexibility index (Phi) is 2.69. The van der Waals surface area contributed by atoms with Gasteiger partial charge in [-0.1, -0.05) is 30.7 Å². The molecule has 1 aromatic carbocycles.